The van der Waals surface area contributed by atoms with Crippen molar-refractivity contribution in [2.45, 2.75) is 32.9 Å². The van der Waals surface area contributed by atoms with Crippen molar-refractivity contribution in [1.82, 2.24) is 0 Å². The maximum Gasteiger partial charge on any atom is 0.114 e. The van der Waals surface area contributed by atoms with Crippen LogP contribution in [0.25, 0.3) is 0 Å². The van der Waals surface area contributed by atoms with Gasteiger partial charge in [0.05, 0.1) is 12.1 Å². The Labute approximate surface area is 121 Å². The fourth-order valence-corrected chi connectivity index (χ4v) is 2.53. The number of nitriles is 1. The number of nitrogens with zero attached hydrogens (tertiary/aromatic N) is 2. The summed E-state index contributed by atoms with van der Waals surface area (Å²) in [5.41, 5.74) is 3.52. The topological polar surface area (TPSA) is 27.0 Å². The van der Waals surface area contributed by atoms with E-state index in [2.05, 4.69) is 55.1 Å². The molecule has 0 aliphatic heterocycles. The average Bonchev–Trinajstić information content (AvgIpc) is 2.48. The molecule has 0 heterocycles. The van der Waals surface area contributed by atoms with Crippen LogP contribution in [0.15, 0.2) is 54.6 Å². The van der Waals surface area contributed by atoms with Crippen molar-refractivity contribution < 1.29 is 0 Å². The molecule has 0 bridgehead atoms. The summed E-state index contributed by atoms with van der Waals surface area (Å²) in [6, 6.07) is 21.0. The van der Waals surface area contributed by atoms with Crippen LogP contribution in [0.1, 0.15) is 31.0 Å². The highest BCUT2D eigenvalue weighted by atomic mass is 15.2. The second-order valence-electron chi connectivity index (χ2n) is 5.14. The minimum Gasteiger partial charge on any atom is -0.349 e. The zero-order chi connectivity index (χ0) is 14.5. The van der Waals surface area contributed by atoms with Crippen molar-refractivity contribution in [2.75, 3.05) is 4.90 Å². The van der Waals surface area contributed by atoms with Gasteiger partial charge in [-0.2, -0.15) is 5.26 Å². The number of hydrogen-bond acceptors (Lipinski definition) is 2. The van der Waals surface area contributed by atoms with E-state index in [9.17, 15) is 5.26 Å². The molecule has 0 amide bonds. The van der Waals surface area contributed by atoms with Crippen LogP contribution in [-0.4, -0.2) is 6.04 Å². The first-order valence-corrected chi connectivity index (χ1v) is 6.93. The van der Waals surface area contributed by atoms with E-state index in [1.54, 1.807) is 0 Å². The van der Waals surface area contributed by atoms with Crippen molar-refractivity contribution >= 4 is 5.69 Å². The lowest BCUT2D eigenvalue weighted by molar-refractivity contribution is 0.636. The molecule has 0 fully saturated rings. The molecule has 20 heavy (non-hydrogen) atoms. The third-order valence-corrected chi connectivity index (χ3v) is 3.60. The molecule has 0 aliphatic carbocycles. The standard InChI is InChI=1S/C18H20N2/c1-14-8-7-11-18(12-14)20(15(2)13-19)16(3)17-9-5-4-6-10-17/h4-12,15-16H,1-3H3. The second-order valence-corrected chi connectivity index (χ2v) is 5.14. The van der Waals surface area contributed by atoms with Crippen LogP contribution >= 0.6 is 0 Å². The molecule has 0 saturated carbocycles. The molecule has 2 atom stereocenters. The van der Waals surface area contributed by atoms with Gasteiger partial charge in [-0.1, -0.05) is 42.5 Å². The summed E-state index contributed by atoms with van der Waals surface area (Å²) in [7, 11) is 0. The monoisotopic (exact) mass is 264 g/mol. The molecule has 102 valence electrons. The molecule has 0 N–H and O–H groups in total. The molecule has 2 unspecified atom stereocenters. The van der Waals surface area contributed by atoms with E-state index in [-0.39, 0.29) is 12.1 Å². The Kier molecular flexibility index (Phi) is 4.42. The number of anilines is 1. The number of hydrogen-bond donors (Lipinski definition) is 0. The van der Waals surface area contributed by atoms with Crippen LogP contribution in [0.3, 0.4) is 0 Å². The summed E-state index contributed by atoms with van der Waals surface area (Å²) >= 11 is 0. The highest BCUT2D eigenvalue weighted by Gasteiger charge is 2.21. The second kappa shape index (κ2) is 6.25. The van der Waals surface area contributed by atoms with E-state index in [0.717, 1.165) is 5.69 Å². The quantitative estimate of drug-likeness (QED) is 0.814. The lowest BCUT2D eigenvalue weighted by Gasteiger charge is -2.34. The Hall–Kier alpha value is -2.27. The van der Waals surface area contributed by atoms with Gasteiger partial charge in [-0.05, 0) is 44.0 Å². The van der Waals surface area contributed by atoms with Gasteiger partial charge in [0.2, 0.25) is 0 Å². The Morgan fingerprint density at radius 1 is 1.00 bits per heavy atom. The van der Waals surface area contributed by atoms with Crippen LogP contribution in [0.5, 0.6) is 0 Å². The van der Waals surface area contributed by atoms with Gasteiger partial charge < -0.3 is 4.90 Å². The summed E-state index contributed by atoms with van der Waals surface area (Å²) in [6.45, 7) is 6.17. The number of rotatable bonds is 4. The van der Waals surface area contributed by atoms with E-state index >= 15 is 0 Å². The maximum absolute atomic E-state index is 9.34. The van der Waals surface area contributed by atoms with Crippen molar-refractivity contribution in [3.8, 4) is 6.07 Å². The first kappa shape index (κ1) is 14.1. The predicted octanol–water partition coefficient (Wildman–Crippen LogP) is 4.47. The molecule has 0 aliphatic rings. The largest absolute Gasteiger partial charge is 0.349 e. The summed E-state index contributed by atoms with van der Waals surface area (Å²) in [5, 5.41) is 9.34. The Morgan fingerprint density at radius 2 is 1.70 bits per heavy atom. The van der Waals surface area contributed by atoms with E-state index in [1.165, 1.54) is 11.1 Å². The molecule has 2 aromatic carbocycles. The van der Waals surface area contributed by atoms with Gasteiger partial charge in [0.25, 0.3) is 0 Å². The Morgan fingerprint density at radius 3 is 2.30 bits per heavy atom. The predicted molar refractivity (Wildman–Crippen MR) is 83.6 cm³/mol. The maximum atomic E-state index is 9.34. The van der Waals surface area contributed by atoms with Crippen molar-refractivity contribution in [3.63, 3.8) is 0 Å². The van der Waals surface area contributed by atoms with Crippen molar-refractivity contribution in [2.24, 2.45) is 0 Å². The molecule has 2 rings (SSSR count). The highest BCUT2D eigenvalue weighted by Crippen LogP contribution is 2.29. The number of benzene rings is 2. The van der Waals surface area contributed by atoms with Crippen molar-refractivity contribution in [1.29, 1.82) is 5.26 Å². The van der Waals surface area contributed by atoms with Crippen LogP contribution < -0.4 is 4.90 Å². The normalized spacial score (nSPS) is 13.3. The first-order valence-electron chi connectivity index (χ1n) is 6.93. The third-order valence-electron chi connectivity index (χ3n) is 3.60. The Balaban J connectivity index is 2.41. The highest BCUT2D eigenvalue weighted by molar-refractivity contribution is 5.52. The summed E-state index contributed by atoms with van der Waals surface area (Å²) in [4.78, 5) is 2.17. The fourth-order valence-electron chi connectivity index (χ4n) is 2.53. The summed E-state index contributed by atoms with van der Waals surface area (Å²) in [6.07, 6.45) is 0. The lowest BCUT2D eigenvalue weighted by atomic mass is 10.0. The van der Waals surface area contributed by atoms with Crippen molar-refractivity contribution in [3.05, 3.63) is 65.7 Å². The molecule has 0 radical (unpaired) electrons. The molecule has 2 aromatic rings. The molecule has 2 heteroatoms. The molecular weight excluding hydrogens is 244 g/mol. The molecule has 0 aromatic heterocycles. The van der Waals surface area contributed by atoms with Crippen LogP contribution in [-0.2, 0) is 0 Å². The average molecular weight is 264 g/mol. The Bertz CT molecular complexity index is 598. The smallest absolute Gasteiger partial charge is 0.114 e. The van der Waals surface area contributed by atoms with Gasteiger partial charge in [0, 0.05) is 5.69 Å². The van der Waals surface area contributed by atoms with Gasteiger partial charge in [-0.25, -0.2) is 0 Å². The molecule has 2 nitrogen and oxygen atoms in total. The van der Waals surface area contributed by atoms with Gasteiger partial charge in [0.15, 0.2) is 0 Å². The van der Waals surface area contributed by atoms with Crippen LogP contribution in [0.2, 0.25) is 0 Å². The lowest BCUT2D eigenvalue weighted by Crippen LogP contribution is -2.34. The van der Waals surface area contributed by atoms with Gasteiger partial charge in [-0.15, -0.1) is 0 Å². The SMILES string of the molecule is Cc1cccc(N(C(C)C#N)C(C)c2ccccc2)c1. The molecule has 0 spiro atoms. The minimum atomic E-state index is -0.174. The fraction of sp³-hybridized carbons (Fsp3) is 0.278. The number of aryl methyl sites for hydroxylation is 1. The minimum absolute atomic E-state index is 0.160. The van der Waals surface area contributed by atoms with E-state index in [4.69, 9.17) is 0 Å². The van der Waals surface area contributed by atoms with E-state index in [0.29, 0.717) is 0 Å². The van der Waals surface area contributed by atoms with Gasteiger partial charge >= 0.3 is 0 Å². The molecule has 0 saturated heterocycles. The summed E-state index contributed by atoms with van der Waals surface area (Å²) in [5.74, 6) is 0. The zero-order valence-electron chi connectivity index (χ0n) is 12.2. The van der Waals surface area contributed by atoms with Crippen LogP contribution in [0, 0.1) is 18.3 Å². The van der Waals surface area contributed by atoms with Gasteiger partial charge in [-0.3, -0.25) is 0 Å². The molecular formula is C18H20N2. The first-order chi connectivity index (χ1) is 9.63. The van der Waals surface area contributed by atoms with Gasteiger partial charge in [0.1, 0.15) is 6.04 Å². The van der Waals surface area contributed by atoms with E-state index < -0.39 is 0 Å². The zero-order valence-corrected chi connectivity index (χ0v) is 12.2. The third kappa shape index (κ3) is 3.00. The van der Waals surface area contributed by atoms with E-state index in [1.807, 2.05) is 31.2 Å². The van der Waals surface area contributed by atoms with Crippen LogP contribution in [0.4, 0.5) is 5.69 Å². The summed E-state index contributed by atoms with van der Waals surface area (Å²) < 4.78 is 0.